The molecule has 0 aromatic heterocycles. The Morgan fingerprint density at radius 2 is 2.14 bits per heavy atom. The van der Waals surface area contributed by atoms with E-state index in [2.05, 4.69) is 5.29 Å². The van der Waals surface area contributed by atoms with Crippen LogP contribution in [0.25, 0.3) is 0 Å². The molecule has 1 aromatic carbocycles. The Morgan fingerprint density at radius 1 is 1.50 bits per heavy atom. The molecule has 0 saturated heterocycles. The summed E-state index contributed by atoms with van der Waals surface area (Å²) in [6.07, 6.45) is 0. The molecule has 5 nitrogen and oxygen atoms in total. The third-order valence-electron chi connectivity index (χ3n) is 1.78. The molecule has 0 radical (unpaired) electrons. The van der Waals surface area contributed by atoms with Crippen molar-refractivity contribution in [3.8, 4) is 0 Å². The number of nitroso groups, excluding NO2 is 1. The van der Waals surface area contributed by atoms with E-state index in [9.17, 15) is 9.70 Å². The van der Waals surface area contributed by atoms with Crippen molar-refractivity contribution >= 4 is 11.7 Å². The number of anilines is 1. The lowest BCUT2D eigenvalue weighted by molar-refractivity contribution is -0.135. The average molecular weight is 194 g/mol. The number of carbonyl (C=O) groups is 1. The van der Waals surface area contributed by atoms with Crippen LogP contribution in [0.1, 0.15) is 5.56 Å². The van der Waals surface area contributed by atoms with Crippen molar-refractivity contribution in [2.75, 3.05) is 11.6 Å². The van der Waals surface area contributed by atoms with Gasteiger partial charge in [-0.3, -0.25) is 4.79 Å². The minimum absolute atomic E-state index is 0.422. The van der Waals surface area contributed by atoms with E-state index in [-0.39, 0.29) is 0 Å². The lowest BCUT2D eigenvalue weighted by atomic mass is 10.2. The van der Waals surface area contributed by atoms with Gasteiger partial charge in [0.25, 0.3) is 0 Å². The van der Waals surface area contributed by atoms with E-state index >= 15 is 0 Å². The van der Waals surface area contributed by atoms with E-state index in [0.717, 1.165) is 10.6 Å². The highest BCUT2D eigenvalue weighted by molar-refractivity contribution is 5.74. The van der Waals surface area contributed by atoms with Gasteiger partial charge in [-0.05, 0) is 18.6 Å². The van der Waals surface area contributed by atoms with Crippen LogP contribution >= 0.6 is 0 Å². The van der Waals surface area contributed by atoms with Gasteiger partial charge in [-0.1, -0.05) is 18.2 Å². The maximum atomic E-state index is 10.4. The number of aliphatic carboxylic acids is 1. The van der Waals surface area contributed by atoms with Gasteiger partial charge in [0.1, 0.15) is 6.54 Å². The smallest absolute Gasteiger partial charge is 0.325 e. The summed E-state index contributed by atoms with van der Waals surface area (Å²) in [5.41, 5.74) is 1.33. The molecule has 0 spiro atoms. The van der Waals surface area contributed by atoms with Gasteiger partial charge in [-0.25, -0.2) is 5.01 Å². The lowest BCUT2D eigenvalue weighted by Crippen LogP contribution is -2.24. The molecule has 0 unspecified atom stereocenters. The van der Waals surface area contributed by atoms with Crippen molar-refractivity contribution in [2.24, 2.45) is 5.29 Å². The summed E-state index contributed by atoms with van der Waals surface area (Å²) in [6.45, 7) is 1.36. The highest BCUT2D eigenvalue weighted by atomic mass is 16.4. The minimum Gasteiger partial charge on any atom is -0.480 e. The molecule has 1 N–H and O–H groups in total. The van der Waals surface area contributed by atoms with E-state index in [1.807, 2.05) is 6.07 Å². The maximum Gasteiger partial charge on any atom is 0.325 e. The highest BCUT2D eigenvalue weighted by Crippen LogP contribution is 2.18. The Morgan fingerprint density at radius 3 is 2.64 bits per heavy atom. The van der Waals surface area contributed by atoms with Gasteiger partial charge < -0.3 is 5.11 Å². The molecule has 0 atom stereocenters. The lowest BCUT2D eigenvalue weighted by Gasteiger charge is -2.14. The predicted molar refractivity (Wildman–Crippen MR) is 52.0 cm³/mol. The molecule has 0 aliphatic rings. The number of rotatable bonds is 4. The monoisotopic (exact) mass is 194 g/mol. The van der Waals surface area contributed by atoms with Crippen LogP contribution in [0, 0.1) is 11.8 Å². The maximum absolute atomic E-state index is 10.4. The topological polar surface area (TPSA) is 70.0 Å². The van der Waals surface area contributed by atoms with E-state index in [0.29, 0.717) is 5.69 Å². The van der Waals surface area contributed by atoms with Crippen molar-refractivity contribution in [1.29, 1.82) is 0 Å². The van der Waals surface area contributed by atoms with Crippen LogP contribution < -0.4 is 5.01 Å². The summed E-state index contributed by atoms with van der Waals surface area (Å²) < 4.78 is 0. The molecule has 0 bridgehead atoms. The van der Waals surface area contributed by atoms with Gasteiger partial charge >= 0.3 is 5.97 Å². The van der Waals surface area contributed by atoms with Crippen molar-refractivity contribution in [3.05, 3.63) is 34.7 Å². The molecule has 0 aliphatic heterocycles. The van der Waals surface area contributed by atoms with Gasteiger partial charge in [0.15, 0.2) is 0 Å². The zero-order valence-electron chi connectivity index (χ0n) is 7.67. The van der Waals surface area contributed by atoms with Crippen LogP contribution in [0.2, 0.25) is 0 Å². The first kappa shape index (κ1) is 10.2. The zero-order chi connectivity index (χ0) is 10.6. The van der Waals surface area contributed by atoms with Crippen LogP contribution in [0.3, 0.4) is 0 Å². The second-order valence-corrected chi connectivity index (χ2v) is 2.82. The van der Waals surface area contributed by atoms with Crippen molar-refractivity contribution < 1.29 is 9.90 Å². The molecule has 5 heteroatoms. The number of hydrogen-bond acceptors (Lipinski definition) is 3. The molecule has 0 aliphatic carbocycles. The minimum atomic E-state index is -1.09. The molecule has 0 amide bonds. The van der Waals surface area contributed by atoms with E-state index < -0.39 is 12.5 Å². The van der Waals surface area contributed by atoms with E-state index in [1.165, 1.54) is 0 Å². The predicted octanol–water partition coefficient (Wildman–Crippen LogP) is 1.57. The molecule has 1 aromatic rings. The number of carboxylic acids is 1. The number of hydrogen-bond donors (Lipinski definition) is 1. The Balaban J connectivity index is 2.94. The summed E-state index contributed by atoms with van der Waals surface area (Å²) in [5, 5.41) is 12.1. The van der Waals surface area contributed by atoms with Gasteiger partial charge in [-0.15, -0.1) is 4.91 Å². The SMILES string of the molecule is Cc1ccccc1N(CC(=O)O)N=O. The van der Waals surface area contributed by atoms with Gasteiger partial charge in [0.05, 0.1) is 11.0 Å². The summed E-state index contributed by atoms with van der Waals surface area (Å²) >= 11 is 0. The first-order valence-electron chi connectivity index (χ1n) is 4.03. The van der Waals surface area contributed by atoms with Crippen LogP contribution in [-0.4, -0.2) is 17.6 Å². The van der Waals surface area contributed by atoms with E-state index in [1.54, 1.807) is 25.1 Å². The molecule has 14 heavy (non-hydrogen) atoms. The first-order chi connectivity index (χ1) is 6.65. The number of benzene rings is 1. The molecule has 1 rings (SSSR count). The van der Waals surface area contributed by atoms with E-state index in [4.69, 9.17) is 5.11 Å². The van der Waals surface area contributed by atoms with Crippen LogP contribution in [0.5, 0.6) is 0 Å². The zero-order valence-corrected chi connectivity index (χ0v) is 7.67. The summed E-state index contributed by atoms with van der Waals surface area (Å²) in [6, 6.07) is 6.97. The summed E-state index contributed by atoms with van der Waals surface area (Å²) in [4.78, 5) is 20.8. The van der Waals surface area contributed by atoms with Crippen molar-refractivity contribution in [3.63, 3.8) is 0 Å². The number of carboxylic acid groups (broad SMARTS) is 1. The Bertz CT molecular complexity index is 352. The third-order valence-corrected chi connectivity index (χ3v) is 1.78. The van der Waals surface area contributed by atoms with Crippen molar-refractivity contribution in [1.82, 2.24) is 0 Å². The number of para-hydroxylation sites is 1. The molecule has 0 fully saturated rings. The largest absolute Gasteiger partial charge is 0.480 e. The second-order valence-electron chi connectivity index (χ2n) is 2.82. The molecule has 0 heterocycles. The number of nitrogens with zero attached hydrogens (tertiary/aromatic N) is 2. The quantitative estimate of drug-likeness (QED) is 0.583. The molecular formula is C9H10N2O3. The fourth-order valence-corrected chi connectivity index (χ4v) is 1.14. The third kappa shape index (κ3) is 2.29. The normalized spacial score (nSPS) is 9.50. The Hall–Kier alpha value is -1.91. The van der Waals surface area contributed by atoms with Crippen LogP contribution in [0.4, 0.5) is 5.69 Å². The Kier molecular flexibility index (Phi) is 3.17. The first-order valence-corrected chi connectivity index (χ1v) is 4.03. The van der Waals surface area contributed by atoms with Crippen molar-refractivity contribution in [2.45, 2.75) is 6.92 Å². The van der Waals surface area contributed by atoms with Crippen LogP contribution in [0.15, 0.2) is 29.6 Å². The molecule has 74 valence electrons. The second kappa shape index (κ2) is 4.36. The fraction of sp³-hybridized carbons (Fsp3) is 0.222. The highest BCUT2D eigenvalue weighted by Gasteiger charge is 2.12. The fourth-order valence-electron chi connectivity index (χ4n) is 1.14. The number of aryl methyl sites for hydroxylation is 1. The molecule has 0 saturated carbocycles. The summed E-state index contributed by atoms with van der Waals surface area (Å²) in [5.74, 6) is -1.09. The summed E-state index contributed by atoms with van der Waals surface area (Å²) in [7, 11) is 0. The average Bonchev–Trinajstić information content (AvgIpc) is 2.15. The standard InChI is InChI=1S/C9H10N2O3/c1-7-4-2-3-5-8(7)11(10-14)6-9(12)13/h2-5H,6H2,1H3,(H,12,13). The van der Waals surface area contributed by atoms with Gasteiger partial charge in [0, 0.05) is 0 Å². The Labute approximate surface area is 80.9 Å². The van der Waals surface area contributed by atoms with Gasteiger partial charge in [0.2, 0.25) is 0 Å². The van der Waals surface area contributed by atoms with Crippen LogP contribution in [-0.2, 0) is 4.79 Å². The molecular weight excluding hydrogens is 184 g/mol. The van der Waals surface area contributed by atoms with Gasteiger partial charge in [-0.2, -0.15) is 0 Å².